The largest absolute Gasteiger partial charge is 0.320 e. The second-order valence-corrected chi connectivity index (χ2v) is 6.39. The summed E-state index contributed by atoms with van der Waals surface area (Å²) >= 11 is 0. The zero-order valence-electron chi connectivity index (χ0n) is 11.3. The molecule has 21 heavy (non-hydrogen) atoms. The lowest BCUT2D eigenvalue weighted by atomic mass is 10.2. The summed E-state index contributed by atoms with van der Waals surface area (Å²) in [4.78, 5) is 4.66. The number of fused-ring (bicyclic) bond motifs is 1. The molecular weight excluding hydrogens is 290 g/mol. The van der Waals surface area contributed by atoms with E-state index in [1.807, 2.05) is 10.6 Å². The second kappa shape index (κ2) is 5.65. The molecule has 0 atom stereocenters. The van der Waals surface area contributed by atoms with Gasteiger partial charge in [0, 0.05) is 18.7 Å². The minimum atomic E-state index is -3.43. The minimum absolute atomic E-state index is 0.299. The summed E-state index contributed by atoms with van der Waals surface area (Å²) in [5.41, 5.74) is 0.649. The summed E-state index contributed by atoms with van der Waals surface area (Å²) in [7, 11) is -3.43. The van der Waals surface area contributed by atoms with Gasteiger partial charge in [-0.1, -0.05) is 12.1 Å². The van der Waals surface area contributed by atoms with Crippen LogP contribution in [-0.2, 0) is 16.6 Å². The summed E-state index contributed by atoms with van der Waals surface area (Å²) in [5.74, 6) is 0.440. The highest BCUT2D eigenvalue weighted by atomic mass is 32.2. The number of aliphatic imine (C=N–C) groups is 1. The minimum Gasteiger partial charge on any atom is -0.320 e. The number of unbranched alkanes of at least 4 members (excludes halogenated alkanes) is 1. The third-order valence-corrected chi connectivity index (χ3v) is 4.62. The maximum absolute atomic E-state index is 11.9. The molecule has 1 aliphatic heterocycles. The van der Waals surface area contributed by atoms with Crippen molar-refractivity contribution in [1.29, 1.82) is 0 Å². The fourth-order valence-electron chi connectivity index (χ4n) is 2.19. The summed E-state index contributed by atoms with van der Waals surface area (Å²) in [5, 5.41) is 7.47. The van der Waals surface area contributed by atoms with E-state index in [4.69, 9.17) is 0 Å². The summed E-state index contributed by atoms with van der Waals surface area (Å²) in [6, 6.07) is 6.87. The molecule has 0 unspecified atom stereocenters. The highest BCUT2D eigenvalue weighted by Gasteiger charge is 2.29. The van der Waals surface area contributed by atoms with Gasteiger partial charge in [-0.05, 0) is 25.0 Å². The number of aryl methyl sites for hydroxylation is 1. The lowest BCUT2D eigenvalue weighted by Crippen LogP contribution is -2.22. The van der Waals surface area contributed by atoms with Crippen LogP contribution in [0, 0.1) is 0 Å². The molecule has 7 nitrogen and oxygen atoms in total. The molecule has 0 saturated heterocycles. The number of aromatic nitrogens is 3. The maximum atomic E-state index is 11.9. The molecular formula is C13H15N5O2S. The van der Waals surface area contributed by atoms with E-state index in [0.717, 1.165) is 19.4 Å². The second-order valence-electron chi connectivity index (χ2n) is 4.74. The van der Waals surface area contributed by atoms with Crippen molar-refractivity contribution >= 4 is 15.9 Å². The highest BCUT2D eigenvalue weighted by Crippen LogP contribution is 2.22. The Morgan fingerprint density at radius 2 is 1.90 bits per heavy atom. The van der Waals surface area contributed by atoms with E-state index in [1.54, 1.807) is 30.9 Å². The van der Waals surface area contributed by atoms with Gasteiger partial charge in [-0.25, -0.2) is 8.42 Å². The fourth-order valence-corrected chi connectivity index (χ4v) is 3.44. The van der Waals surface area contributed by atoms with Gasteiger partial charge >= 0.3 is 0 Å². The van der Waals surface area contributed by atoms with Crippen LogP contribution in [0.1, 0.15) is 18.4 Å². The van der Waals surface area contributed by atoms with Gasteiger partial charge in [-0.15, -0.1) is 10.2 Å². The molecule has 0 amide bonds. The van der Waals surface area contributed by atoms with Gasteiger partial charge in [0.25, 0.3) is 10.0 Å². The third kappa shape index (κ3) is 2.94. The monoisotopic (exact) mass is 305 g/mol. The van der Waals surface area contributed by atoms with Crippen LogP contribution in [0.2, 0.25) is 0 Å². The fraction of sp³-hybridized carbons (Fsp3) is 0.308. The lowest BCUT2D eigenvalue weighted by molar-refractivity contribution is 0.594. The average Bonchev–Trinajstić information content (AvgIpc) is 3.06. The molecule has 2 aromatic rings. The van der Waals surface area contributed by atoms with E-state index in [0.29, 0.717) is 22.8 Å². The Morgan fingerprint density at radius 3 is 2.71 bits per heavy atom. The molecule has 0 spiro atoms. The highest BCUT2D eigenvalue weighted by molar-refractivity contribution is 7.90. The molecule has 2 heterocycles. The Morgan fingerprint density at radius 1 is 1.14 bits per heavy atom. The average molecular weight is 305 g/mol. The van der Waals surface area contributed by atoms with Crippen molar-refractivity contribution in [2.24, 2.45) is 4.99 Å². The zero-order chi connectivity index (χ0) is 14.7. The Kier molecular flexibility index (Phi) is 3.70. The topological polar surface area (TPSA) is 89.2 Å². The predicted octanol–water partition coefficient (Wildman–Crippen LogP) is 0.797. The number of amidine groups is 1. The van der Waals surface area contributed by atoms with Gasteiger partial charge in [0.15, 0.2) is 0 Å². The summed E-state index contributed by atoms with van der Waals surface area (Å²) in [6.45, 7) is 1.41. The number of sulfonamides is 1. The molecule has 1 aromatic carbocycles. The number of nitrogens with one attached hydrogen (secondary N) is 1. The molecule has 1 aliphatic rings. The first-order chi connectivity index (χ1) is 10.2. The molecule has 8 heteroatoms. The van der Waals surface area contributed by atoms with Crippen LogP contribution in [0.15, 0.2) is 46.8 Å². The first-order valence-corrected chi connectivity index (χ1v) is 8.14. The van der Waals surface area contributed by atoms with E-state index < -0.39 is 10.0 Å². The van der Waals surface area contributed by atoms with Gasteiger partial charge < -0.3 is 4.57 Å². The van der Waals surface area contributed by atoms with Crippen LogP contribution >= 0.6 is 0 Å². The van der Waals surface area contributed by atoms with Crippen molar-refractivity contribution in [2.45, 2.75) is 24.3 Å². The molecule has 0 radical (unpaired) electrons. The zero-order valence-corrected chi connectivity index (χ0v) is 12.1. The summed E-state index contributed by atoms with van der Waals surface area (Å²) < 4.78 is 28.2. The van der Waals surface area contributed by atoms with Crippen LogP contribution < -0.4 is 4.72 Å². The number of nitrogens with zero attached hydrogens (tertiary/aromatic N) is 4. The van der Waals surface area contributed by atoms with Gasteiger partial charge in [-0.2, -0.15) is 0 Å². The van der Waals surface area contributed by atoms with Crippen molar-refractivity contribution < 1.29 is 8.42 Å². The van der Waals surface area contributed by atoms with E-state index in [2.05, 4.69) is 19.9 Å². The van der Waals surface area contributed by atoms with Crippen LogP contribution in [0.5, 0.6) is 0 Å². The molecule has 1 N–H and O–H groups in total. The maximum Gasteiger partial charge on any atom is 0.263 e. The molecule has 3 rings (SSSR count). The third-order valence-electron chi connectivity index (χ3n) is 3.22. The molecule has 0 bridgehead atoms. The first-order valence-electron chi connectivity index (χ1n) is 6.66. The Labute approximate surface area is 122 Å². The normalized spacial score (nSPS) is 17.6. The molecule has 0 fully saturated rings. The molecule has 110 valence electrons. The number of benzene rings is 1. The van der Waals surface area contributed by atoms with Gasteiger partial charge in [0.05, 0.1) is 4.90 Å². The smallest absolute Gasteiger partial charge is 0.263 e. The van der Waals surface area contributed by atoms with E-state index in [9.17, 15) is 8.42 Å². The van der Waals surface area contributed by atoms with E-state index in [1.165, 1.54) is 0 Å². The van der Waals surface area contributed by atoms with Crippen molar-refractivity contribution in [3.05, 3.63) is 42.5 Å². The SMILES string of the molecule is O=S1(=O)NC(=NCCCCn2cnnc2)c2ccccc21. The lowest BCUT2D eigenvalue weighted by Gasteiger charge is -2.01. The molecule has 0 aliphatic carbocycles. The summed E-state index contributed by atoms with van der Waals surface area (Å²) in [6.07, 6.45) is 5.15. The van der Waals surface area contributed by atoms with Gasteiger partial charge in [-0.3, -0.25) is 9.71 Å². The number of hydrogen-bond acceptors (Lipinski definition) is 5. The Balaban J connectivity index is 1.60. The van der Waals surface area contributed by atoms with Crippen molar-refractivity contribution in [1.82, 2.24) is 19.5 Å². The Hall–Kier alpha value is -2.22. The Bertz CT molecular complexity index is 753. The van der Waals surface area contributed by atoms with Crippen LogP contribution in [0.3, 0.4) is 0 Å². The van der Waals surface area contributed by atoms with Crippen LogP contribution in [-0.4, -0.2) is 35.6 Å². The quantitative estimate of drug-likeness (QED) is 0.827. The van der Waals surface area contributed by atoms with Crippen LogP contribution in [0.25, 0.3) is 0 Å². The molecule has 1 aromatic heterocycles. The molecule has 0 saturated carbocycles. The van der Waals surface area contributed by atoms with Crippen molar-refractivity contribution in [3.63, 3.8) is 0 Å². The predicted molar refractivity (Wildman–Crippen MR) is 77.4 cm³/mol. The standard InChI is InChI=1S/C13H15N5O2S/c19-21(20)12-6-2-1-5-11(12)13(17-21)14-7-3-4-8-18-9-15-16-10-18/h1-2,5-6,9-10H,3-4,7-8H2,(H,14,17). The van der Waals surface area contributed by atoms with Crippen LogP contribution in [0.4, 0.5) is 0 Å². The first kappa shape index (κ1) is 13.7. The van der Waals surface area contributed by atoms with E-state index >= 15 is 0 Å². The van der Waals surface area contributed by atoms with E-state index in [-0.39, 0.29) is 0 Å². The number of hydrogen-bond donors (Lipinski definition) is 1. The van der Waals surface area contributed by atoms with Crippen molar-refractivity contribution in [3.8, 4) is 0 Å². The van der Waals surface area contributed by atoms with Gasteiger partial charge in [0.1, 0.15) is 18.5 Å². The van der Waals surface area contributed by atoms with Crippen molar-refractivity contribution in [2.75, 3.05) is 6.54 Å². The number of rotatable bonds is 5. The van der Waals surface area contributed by atoms with Gasteiger partial charge in [0.2, 0.25) is 0 Å².